The highest BCUT2D eigenvalue weighted by Crippen LogP contribution is 2.23. The number of likely N-dealkylation sites (tertiary alicyclic amines) is 1. The highest BCUT2D eigenvalue weighted by molar-refractivity contribution is 5.87. The Balaban J connectivity index is 2.02. The smallest absolute Gasteiger partial charge is 0.245 e. The number of ether oxygens (including phenoxy) is 3. The van der Waals surface area contributed by atoms with E-state index >= 15 is 0 Å². The fraction of sp³-hybridized carbons (Fsp3) is 0.909. The Morgan fingerprint density at radius 1 is 1.35 bits per heavy atom. The first-order valence-corrected chi connectivity index (χ1v) is 5.82. The van der Waals surface area contributed by atoms with Gasteiger partial charge in [0.05, 0.1) is 6.61 Å². The van der Waals surface area contributed by atoms with Gasteiger partial charge in [-0.2, -0.15) is 0 Å². The third-order valence-electron chi connectivity index (χ3n) is 3.59. The molecule has 1 amide bonds. The molecular formula is C11H20N2O4. The van der Waals surface area contributed by atoms with Gasteiger partial charge in [0.15, 0.2) is 0 Å². The molecule has 2 saturated heterocycles. The lowest BCUT2D eigenvalue weighted by Crippen LogP contribution is -2.55. The number of amides is 1. The second-order valence-corrected chi connectivity index (χ2v) is 4.72. The van der Waals surface area contributed by atoms with Crippen molar-refractivity contribution in [1.29, 1.82) is 0 Å². The molecule has 2 rings (SSSR count). The van der Waals surface area contributed by atoms with Crippen molar-refractivity contribution < 1.29 is 19.0 Å². The quantitative estimate of drug-likeness (QED) is 0.687. The van der Waals surface area contributed by atoms with E-state index in [1.807, 2.05) is 0 Å². The minimum atomic E-state index is -0.860. The summed E-state index contributed by atoms with van der Waals surface area (Å²) in [5, 5.41) is 0. The molecular weight excluding hydrogens is 224 g/mol. The first kappa shape index (κ1) is 12.8. The molecule has 0 radical (unpaired) electrons. The molecule has 0 bridgehead atoms. The Morgan fingerprint density at radius 3 is 2.35 bits per heavy atom. The summed E-state index contributed by atoms with van der Waals surface area (Å²) in [5.74, 6) is -0.0587. The summed E-state index contributed by atoms with van der Waals surface area (Å²) in [6.07, 6.45) is 0.433. The monoisotopic (exact) mass is 244 g/mol. The summed E-state index contributed by atoms with van der Waals surface area (Å²) in [4.78, 5) is 14.0. The van der Waals surface area contributed by atoms with E-state index in [1.54, 1.807) is 19.1 Å². The Bertz CT molecular complexity index is 279. The van der Waals surface area contributed by atoms with E-state index in [0.717, 1.165) is 0 Å². The second-order valence-electron chi connectivity index (χ2n) is 4.72. The Hall–Kier alpha value is -0.690. The van der Waals surface area contributed by atoms with Gasteiger partial charge in [-0.3, -0.25) is 4.79 Å². The fourth-order valence-corrected chi connectivity index (χ4v) is 2.43. The zero-order valence-electron chi connectivity index (χ0n) is 10.3. The third kappa shape index (κ3) is 2.30. The van der Waals surface area contributed by atoms with E-state index in [1.165, 1.54) is 0 Å². The van der Waals surface area contributed by atoms with Gasteiger partial charge in [-0.1, -0.05) is 0 Å². The zero-order chi connectivity index (χ0) is 12.5. The molecule has 2 N–H and O–H groups in total. The summed E-state index contributed by atoms with van der Waals surface area (Å²) in [6.45, 7) is 1.93. The van der Waals surface area contributed by atoms with Gasteiger partial charge >= 0.3 is 0 Å². The predicted molar refractivity (Wildman–Crippen MR) is 60.5 cm³/mol. The topological polar surface area (TPSA) is 74.0 Å². The lowest BCUT2D eigenvalue weighted by Gasteiger charge is -2.27. The van der Waals surface area contributed by atoms with Crippen LogP contribution < -0.4 is 5.73 Å². The van der Waals surface area contributed by atoms with Crippen molar-refractivity contribution in [2.75, 3.05) is 40.5 Å². The average molecular weight is 244 g/mol. The molecule has 6 heteroatoms. The van der Waals surface area contributed by atoms with Crippen LogP contribution in [-0.2, 0) is 19.0 Å². The summed E-state index contributed by atoms with van der Waals surface area (Å²) in [7, 11) is 3.25. The molecule has 3 atom stereocenters. The normalized spacial score (nSPS) is 37.7. The molecule has 0 aliphatic carbocycles. The van der Waals surface area contributed by atoms with Crippen LogP contribution in [0, 0.1) is 0 Å². The highest BCUT2D eigenvalue weighted by atomic mass is 16.5. The van der Waals surface area contributed by atoms with E-state index in [2.05, 4.69) is 0 Å². The molecule has 2 fully saturated rings. The number of nitrogens with two attached hydrogens (primary N) is 1. The Labute approximate surface area is 101 Å². The van der Waals surface area contributed by atoms with Gasteiger partial charge in [0.2, 0.25) is 5.91 Å². The largest absolute Gasteiger partial charge is 0.379 e. The minimum absolute atomic E-state index is 0.0587. The number of rotatable bonds is 3. The zero-order valence-corrected chi connectivity index (χ0v) is 10.3. The number of methoxy groups -OCH3 is 2. The number of carbonyl (C=O) groups is 1. The van der Waals surface area contributed by atoms with E-state index in [9.17, 15) is 4.79 Å². The van der Waals surface area contributed by atoms with Crippen LogP contribution in [0.5, 0.6) is 0 Å². The van der Waals surface area contributed by atoms with Gasteiger partial charge in [-0.05, 0) is 6.42 Å². The fourth-order valence-electron chi connectivity index (χ4n) is 2.43. The standard InChI is InChI=1S/C11H20N2O4/c1-15-8-5-13(6-9(8)16-2)10(14)11(12)3-4-17-7-11/h8-9H,3-7,12H2,1-2H3. The van der Waals surface area contributed by atoms with Gasteiger partial charge < -0.3 is 24.8 Å². The molecule has 6 nitrogen and oxygen atoms in total. The number of hydrogen-bond donors (Lipinski definition) is 1. The molecule has 17 heavy (non-hydrogen) atoms. The highest BCUT2D eigenvalue weighted by Gasteiger charge is 2.45. The molecule has 2 aliphatic rings. The second kappa shape index (κ2) is 4.89. The van der Waals surface area contributed by atoms with Gasteiger partial charge in [0, 0.05) is 33.9 Å². The predicted octanol–water partition coefficient (Wildman–Crippen LogP) is -1.02. The first-order chi connectivity index (χ1) is 8.10. The van der Waals surface area contributed by atoms with E-state index in [4.69, 9.17) is 19.9 Å². The van der Waals surface area contributed by atoms with Crippen molar-refractivity contribution in [3.8, 4) is 0 Å². The van der Waals surface area contributed by atoms with Gasteiger partial charge in [-0.15, -0.1) is 0 Å². The lowest BCUT2D eigenvalue weighted by atomic mass is 9.98. The van der Waals surface area contributed by atoms with Crippen molar-refractivity contribution in [3.63, 3.8) is 0 Å². The summed E-state index contributed by atoms with van der Waals surface area (Å²) < 4.78 is 15.8. The van der Waals surface area contributed by atoms with Gasteiger partial charge in [0.25, 0.3) is 0 Å². The summed E-state index contributed by atoms with van der Waals surface area (Å²) >= 11 is 0. The van der Waals surface area contributed by atoms with Crippen molar-refractivity contribution in [2.45, 2.75) is 24.2 Å². The molecule has 0 aromatic heterocycles. The molecule has 2 aliphatic heterocycles. The van der Waals surface area contributed by atoms with Crippen LogP contribution in [0.1, 0.15) is 6.42 Å². The van der Waals surface area contributed by atoms with Crippen molar-refractivity contribution in [3.05, 3.63) is 0 Å². The van der Waals surface area contributed by atoms with E-state index in [0.29, 0.717) is 32.7 Å². The van der Waals surface area contributed by atoms with Crippen molar-refractivity contribution >= 4 is 5.91 Å². The number of hydrogen-bond acceptors (Lipinski definition) is 5. The Morgan fingerprint density at radius 2 is 1.94 bits per heavy atom. The number of nitrogens with zero attached hydrogens (tertiary/aromatic N) is 1. The molecule has 0 aromatic rings. The maximum Gasteiger partial charge on any atom is 0.245 e. The number of carbonyl (C=O) groups excluding carboxylic acids is 1. The Kier molecular flexibility index (Phi) is 3.67. The van der Waals surface area contributed by atoms with Crippen molar-refractivity contribution in [1.82, 2.24) is 4.90 Å². The molecule has 0 saturated carbocycles. The summed E-state index contributed by atoms with van der Waals surface area (Å²) in [6, 6.07) is 0. The van der Waals surface area contributed by atoms with Crippen molar-refractivity contribution in [2.24, 2.45) is 5.73 Å². The SMILES string of the molecule is COC1CN(C(=O)C2(N)CCOC2)CC1OC. The van der Waals surface area contributed by atoms with Crippen LogP contribution in [0.15, 0.2) is 0 Å². The van der Waals surface area contributed by atoms with Crippen LogP contribution in [0.3, 0.4) is 0 Å². The maximum absolute atomic E-state index is 12.3. The average Bonchev–Trinajstić information content (AvgIpc) is 2.94. The summed E-state index contributed by atoms with van der Waals surface area (Å²) in [5.41, 5.74) is 5.20. The van der Waals surface area contributed by atoms with Crippen LogP contribution in [-0.4, -0.2) is 69.1 Å². The molecule has 2 heterocycles. The maximum atomic E-state index is 12.3. The van der Waals surface area contributed by atoms with Gasteiger partial charge in [0.1, 0.15) is 17.7 Å². The first-order valence-electron chi connectivity index (χ1n) is 5.82. The van der Waals surface area contributed by atoms with Crippen LogP contribution >= 0.6 is 0 Å². The van der Waals surface area contributed by atoms with Gasteiger partial charge in [-0.25, -0.2) is 0 Å². The van der Waals surface area contributed by atoms with Crippen LogP contribution in [0.2, 0.25) is 0 Å². The molecule has 3 unspecified atom stereocenters. The molecule has 0 spiro atoms. The lowest BCUT2D eigenvalue weighted by molar-refractivity contribution is -0.136. The van der Waals surface area contributed by atoms with Crippen LogP contribution in [0.25, 0.3) is 0 Å². The van der Waals surface area contributed by atoms with E-state index < -0.39 is 5.54 Å². The van der Waals surface area contributed by atoms with Crippen LogP contribution in [0.4, 0.5) is 0 Å². The molecule has 98 valence electrons. The third-order valence-corrected chi connectivity index (χ3v) is 3.59. The van der Waals surface area contributed by atoms with E-state index in [-0.39, 0.29) is 18.1 Å². The molecule has 0 aromatic carbocycles. The minimum Gasteiger partial charge on any atom is -0.379 e.